The van der Waals surface area contributed by atoms with Crippen molar-refractivity contribution in [2.75, 3.05) is 13.6 Å². The van der Waals surface area contributed by atoms with E-state index in [1.165, 1.54) is 22.7 Å². The quantitative estimate of drug-likeness (QED) is 0.341. The summed E-state index contributed by atoms with van der Waals surface area (Å²) in [7, 11) is 3.84. The summed E-state index contributed by atoms with van der Waals surface area (Å²) < 4.78 is 2.58. The van der Waals surface area contributed by atoms with Crippen LogP contribution in [0.25, 0.3) is 10.2 Å². The average molecular weight is 531 g/mol. The molecule has 3 aromatic heterocycles. The summed E-state index contributed by atoms with van der Waals surface area (Å²) in [5.41, 5.74) is 3.22. The molecule has 184 valence electrons. The number of halogens is 1. The van der Waals surface area contributed by atoms with Crippen LogP contribution in [0.3, 0.4) is 0 Å². The van der Waals surface area contributed by atoms with Crippen LogP contribution in [0.4, 0.5) is 0 Å². The number of aryl methyl sites for hydroxylation is 2. The second kappa shape index (κ2) is 11.0. The number of hydrogen-bond donors (Lipinski definition) is 2. The Kier molecular flexibility index (Phi) is 8.03. The molecule has 1 unspecified atom stereocenters. The van der Waals surface area contributed by atoms with Crippen LogP contribution >= 0.6 is 34.3 Å². The molecule has 0 bridgehead atoms. The van der Waals surface area contributed by atoms with Crippen molar-refractivity contribution in [2.24, 2.45) is 7.05 Å². The molecular formula is C25H27ClN4O3S2. The molecule has 1 atom stereocenters. The van der Waals surface area contributed by atoms with Crippen LogP contribution in [0.1, 0.15) is 32.7 Å². The monoisotopic (exact) mass is 530 g/mol. The normalized spacial score (nSPS) is 12.4. The van der Waals surface area contributed by atoms with Gasteiger partial charge in [0.1, 0.15) is 11.1 Å². The molecule has 0 fully saturated rings. The van der Waals surface area contributed by atoms with Crippen molar-refractivity contribution in [3.05, 3.63) is 83.9 Å². The first kappa shape index (κ1) is 25.5. The highest BCUT2D eigenvalue weighted by Crippen LogP contribution is 2.30. The van der Waals surface area contributed by atoms with Gasteiger partial charge in [0.2, 0.25) is 11.3 Å². The minimum absolute atomic E-state index is 0.0163. The molecule has 0 saturated heterocycles. The topological polar surface area (TPSA) is 87.5 Å². The van der Waals surface area contributed by atoms with Gasteiger partial charge in [0.25, 0.3) is 0 Å². The lowest BCUT2D eigenvalue weighted by molar-refractivity contribution is -0.120. The molecule has 0 aliphatic carbocycles. The van der Waals surface area contributed by atoms with Crippen molar-refractivity contribution in [3.8, 4) is 0 Å². The number of benzene rings is 1. The molecule has 1 amide bonds. The molecule has 10 heteroatoms. The smallest absolute Gasteiger partial charge is 0.224 e. The van der Waals surface area contributed by atoms with Gasteiger partial charge >= 0.3 is 0 Å². The largest absolute Gasteiger partial charge is 0.385 e. The summed E-state index contributed by atoms with van der Waals surface area (Å²) >= 11 is 8.79. The lowest BCUT2D eigenvalue weighted by Gasteiger charge is -2.19. The van der Waals surface area contributed by atoms with Crippen molar-refractivity contribution < 1.29 is 9.90 Å². The van der Waals surface area contributed by atoms with E-state index < -0.39 is 6.10 Å². The van der Waals surface area contributed by atoms with Crippen LogP contribution in [-0.4, -0.2) is 39.1 Å². The van der Waals surface area contributed by atoms with Gasteiger partial charge in [0.15, 0.2) is 0 Å². The number of nitrogens with zero attached hydrogens (tertiary/aromatic N) is 3. The van der Waals surface area contributed by atoms with Crippen LogP contribution in [0.5, 0.6) is 0 Å². The number of thiazole rings is 1. The van der Waals surface area contributed by atoms with Gasteiger partial charge in [-0.05, 0) is 37.2 Å². The molecule has 3 heterocycles. The summed E-state index contributed by atoms with van der Waals surface area (Å²) in [5, 5.41) is 16.5. The second-order valence-electron chi connectivity index (χ2n) is 8.59. The minimum atomic E-state index is -0.654. The Bertz CT molecular complexity index is 1380. The lowest BCUT2D eigenvalue weighted by Crippen LogP contribution is -2.27. The Morgan fingerprint density at radius 2 is 2.06 bits per heavy atom. The maximum Gasteiger partial charge on any atom is 0.224 e. The number of aromatic nitrogens is 2. The van der Waals surface area contributed by atoms with Gasteiger partial charge in [-0.15, -0.1) is 22.7 Å². The molecule has 0 aliphatic heterocycles. The van der Waals surface area contributed by atoms with Crippen LogP contribution in [0, 0.1) is 6.92 Å². The van der Waals surface area contributed by atoms with Gasteiger partial charge in [-0.3, -0.25) is 14.5 Å². The van der Waals surface area contributed by atoms with Crippen LogP contribution in [0.2, 0.25) is 5.02 Å². The molecule has 0 saturated carbocycles. The minimum Gasteiger partial charge on any atom is -0.385 e. The molecule has 0 radical (unpaired) electrons. The Labute approximate surface area is 216 Å². The van der Waals surface area contributed by atoms with E-state index in [1.807, 2.05) is 48.0 Å². The zero-order chi connectivity index (χ0) is 25.1. The molecule has 0 spiro atoms. The standard InChI is InChI=1S/C25H27ClN4O3S2/c1-15-20(14-29(2)13-19(31)25-27-8-9-34-25)35-24-22(15)30(3)12-17(23(24)33)10-21(32)28-11-16-4-6-18(26)7-5-16/h4-9,12,19,31H,10-11,13-14H2,1-3H3,(H,28,32). The SMILES string of the molecule is Cc1c(CN(C)CC(O)c2nccs2)sc2c(=O)c(CC(=O)NCc3ccc(Cl)cc3)cn(C)c12. The van der Waals surface area contributed by atoms with E-state index in [9.17, 15) is 14.7 Å². The van der Waals surface area contributed by atoms with Gasteiger partial charge in [-0.1, -0.05) is 23.7 Å². The Morgan fingerprint density at radius 1 is 1.31 bits per heavy atom. The second-order valence-corrected chi connectivity index (χ2v) is 11.1. The Hall–Kier alpha value is -2.56. The van der Waals surface area contributed by atoms with Gasteiger partial charge in [0.05, 0.1) is 16.6 Å². The van der Waals surface area contributed by atoms with E-state index >= 15 is 0 Å². The highest BCUT2D eigenvalue weighted by Gasteiger charge is 2.20. The fraction of sp³-hybridized carbons (Fsp3) is 0.320. The van der Waals surface area contributed by atoms with Crippen molar-refractivity contribution >= 4 is 50.4 Å². The van der Waals surface area contributed by atoms with Crippen LogP contribution in [-0.2, 0) is 31.4 Å². The first-order valence-electron chi connectivity index (χ1n) is 11.1. The zero-order valence-corrected chi connectivity index (χ0v) is 22.1. The van der Waals surface area contributed by atoms with Crippen molar-refractivity contribution in [2.45, 2.75) is 32.5 Å². The number of hydrogen-bond acceptors (Lipinski definition) is 7. The number of pyridine rings is 1. The Balaban J connectivity index is 1.48. The number of thiophene rings is 1. The number of aliphatic hydroxyl groups is 1. The number of carbonyl (C=O) groups excluding carboxylic acids is 1. The summed E-state index contributed by atoms with van der Waals surface area (Å²) in [6, 6.07) is 7.27. The molecular weight excluding hydrogens is 504 g/mol. The molecule has 7 nitrogen and oxygen atoms in total. The molecule has 35 heavy (non-hydrogen) atoms. The fourth-order valence-electron chi connectivity index (χ4n) is 4.03. The number of aliphatic hydroxyl groups excluding tert-OH is 1. The van der Waals surface area contributed by atoms with Gasteiger partial charge < -0.3 is 15.0 Å². The van der Waals surface area contributed by atoms with Crippen molar-refractivity contribution in [1.29, 1.82) is 0 Å². The number of nitrogens with one attached hydrogen (secondary N) is 1. The highest BCUT2D eigenvalue weighted by molar-refractivity contribution is 7.19. The summed E-state index contributed by atoms with van der Waals surface area (Å²) in [6.45, 7) is 3.43. The number of fused-ring (bicyclic) bond motifs is 1. The molecule has 1 aromatic carbocycles. The van der Waals surface area contributed by atoms with E-state index in [0.29, 0.717) is 39.9 Å². The van der Waals surface area contributed by atoms with E-state index in [0.717, 1.165) is 21.5 Å². The van der Waals surface area contributed by atoms with Crippen LogP contribution in [0.15, 0.2) is 46.8 Å². The van der Waals surface area contributed by atoms with Gasteiger partial charge in [-0.25, -0.2) is 4.98 Å². The first-order valence-corrected chi connectivity index (χ1v) is 13.2. The van der Waals surface area contributed by atoms with Crippen molar-refractivity contribution in [1.82, 2.24) is 19.8 Å². The number of likely N-dealkylation sites (N-methyl/N-ethyl adjacent to an activating group) is 1. The zero-order valence-electron chi connectivity index (χ0n) is 19.7. The maximum atomic E-state index is 13.3. The van der Waals surface area contributed by atoms with Crippen LogP contribution < -0.4 is 10.7 Å². The van der Waals surface area contributed by atoms with Gasteiger partial charge in [-0.2, -0.15) is 0 Å². The van der Waals surface area contributed by atoms with Gasteiger partial charge in [0, 0.05) is 59.9 Å². The first-order chi connectivity index (χ1) is 16.7. The Morgan fingerprint density at radius 3 is 2.74 bits per heavy atom. The highest BCUT2D eigenvalue weighted by atomic mass is 35.5. The van der Waals surface area contributed by atoms with E-state index in [2.05, 4.69) is 10.3 Å². The summed E-state index contributed by atoms with van der Waals surface area (Å²) in [5.74, 6) is -0.208. The number of rotatable bonds is 9. The number of amides is 1. The molecule has 4 rings (SSSR count). The molecule has 0 aliphatic rings. The molecule has 2 N–H and O–H groups in total. The summed E-state index contributed by atoms with van der Waals surface area (Å²) in [6.07, 6.45) is 2.80. The predicted octanol–water partition coefficient (Wildman–Crippen LogP) is 4.04. The third kappa shape index (κ3) is 5.99. The third-order valence-corrected chi connectivity index (χ3v) is 8.20. The maximum absolute atomic E-state index is 13.3. The fourth-order valence-corrected chi connectivity index (χ4v) is 6.17. The van der Waals surface area contributed by atoms with Crippen molar-refractivity contribution in [3.63, 3.8) is 0 Å². The molecule has 4 aromatic rings. The third-order valence-electron chi connectivity index (χ3n) is 5.80. The van der Waals surface area contributed by atoms with E-state index in [-0.39, 0.29) is 17.8 Å². The average Bonchev–Trinajstić information content (AvgIpc) is 3.46. The predicted molar refractivity (Wildman–Crippen MR) is 142 cm³/mol. The lowest BCUT2D eigenvalue weighted by atomic mass is 10.1. The van der Waals surface area contributed by atoms with E-state index in [4.69, 9.17) is 11.6 Å². The summed E-state index contributed by atoms with van der Waals surface area (Å²) in [4.78, 5) is 33.1. The number of carbonyl (C=O) groups is 1. The van der Waals surface area contributed by atoms with E-state index in [1.54, 1.807) is 24.5 Å².